The number of carbonyl (C=O) groups excluding carboxylic acids is 3. The van der Waals surface area contributed by atoms with Gasteiger partial charge in [-0.15, -0.1) is 0 Å². The van der Waals surface area contributed by atoms with Crippen molar-refractivity contribution in [2.45, 2.75) is 39.1 Å². The second kappa shape index (κ2) is 8.73. The highest BCUT2D eigenvalue weighted by Crippen LogP contribution is 2.31. The molecule has 3 rings (SSSR count). The normalized spacial score (nSPS) is 15.8. The molecule has 9 heteroatoms. The number of nitrogens with two attached hydrogens (primary N) is 1. The fraction of sp³-hybridized carbons (Fsp3) is 0.364. The molecule has 31 heavy (non-hydrogen) atoms. The maximum Gasteiger partial charge on any atom is 0.343 e. The molecule has 164 valence electrons. The van der Waals surface area contributed by atoms with Crippen LogP contribution in [0.4, 0.5) is 10.5 Å². The number of nitrogens with one attached hydrogen (secondary N) is 1. The van der Waals surface area contributed by atoms with E-state index >= 15 is 0 Å². The van der Waals surface area contributed by atoms with E-state index in [0.29, 0.717) is 24.2 Å². The van der Waals surface area contributed by atoms with Crippen molar-refractivity contribution < 1.29 is 19.1 Å². The Balaban J connectivity index is 1.76. The van der Waals surface area contributed by atoms with Crippen LogP contribution in [0.3, 0.4) is 0 Å². The third-order valence-corrected chi connectivity index (χ3v) is 5.20. The minimum atomic E-state index is -1.22. The van der Waals surface area contributed by atoms with Crippen LogP contribution < -0.4 is 16.0 Å². The number of ether oxygens (including phenoxy) is 1. The van der Waals surface area contributed by atoms with Crippen LogP contribution in [-0.2, 0) is 16.0 Å². The number of nitrogens with zero attached hydrogens (tertiary/aromatic N) is 3. The minimum absolute atomic E-state index is 0.237. The number of rotatable bonds is 6. The van der Waals surface area contributed by atoms with Gasteiger partial charge in [-0.2, -0.15) is 0 Å². The Bertz CT molecular complexity index is 993. The lowest BCUT2D eigenvalue weighted by Crippen LogP contribution is -2.65. The highest BCUT2D eigenvalue weighted by Gasteiger charge is 2.42. The predicted octanol–water partition coefficient (Wildman–Crippen LogP) is 1.80. The summed E-state index contributed by atoms with van der Waals surface area (Å²) in [6.07, 6.45) is 1.08. The predicted molar refractivity (Wildman–Crippen MR) is 115 cm³/mol. The molecule has 2 aromatic rings. The first-order chi connectivity index (χ1) is 14.6. The van der Waals surface area contributed by atoms with Crippen LogP contribution in [0, 0.1) is 6.92 Å². The summed E-state index contributed by atoms with van der Waals surface area (Å²) >= 11 is 0. The van der Waals surface area contributed by atoms with Crippen LogP contribution in [0.15, 0.2) is 42.6 Å². The maximum absolute atomic E-state index is 13.1. The molecule has 1 atom stereocenters. The van der Waals surface area contributed by atoms with E-state index in [0.717, 1.165) is 10.6 Å². The molecule has 3 N–H and O–H groups in total. The van der Waals surface area contributed by atoms with Gasteiger partial charge in [0.2, 0.25) is 12.3 Å². The van der Waals surface area contributed by atoms with Gasteiger partial charge in [0.05, 0.1) is 16.8 Å². The molecule has 0 radical (unpaired) electrons. The van der Waals surface area contributed by atoms with Crippen LogP contribution in [-0.4, -0.2) is 53.3 Å². The SMILES string of the molecule is Cc1cccc2c1C(=O)OC(NC(C)(C)C(=O)N(C)CCc1ccccn1)N2C(N)=O. The van der Waals surface area contributed by atoms with Gasteiger partial charge < -0.3 is 15.4 Å². The van der Waals surface area contributed by atoms with E-state index < -0.39 is 23.9 Å². The number of primary amides is 1. The zero-order valence-electron chi connectivity index (χ0n) is 18.1. The summed E-state index contributed by atoms with van der Waals surface area (Å²) < 4.78 is 5.46. The van der Waals surface area contributed by atoms with Gasteiger partial charge in [0.25, 0.3) is 0 Å². The van der Waals surface area contributed by atoms with Crippen molar-refractivity contribution in [1.29, 1.82) is 0 Å². The molecule has 0 bridgehead atoms. The van der Waals surface area contributed by atoms with Gasteiger partial charge >= 0.3 is 12.0 Å². The molecule has 3 amide bonds. The summed E-state index contributed by atoms with van der Waals surface area (Å²) in [4.78, 5) is 44.9. The molecular weight excluding hydrogens is 398 g/mol. The van der Waals surface area contributed by atoms with Gasteiger partial charge in [-0.25, -0.2) is 19.8 Å². The number of pyridine rings is 1. The van der Waals surface area contributed by atoms with E-state index in [4.69, 9.17) is 10.5 Å². The van der Waals surface area contributed by atoms with Gasteiger partial charge in [0.15, 0.2) is 0 Å². The first-order valence-electron chi connectivity index (χ1n) is 9.94. The number of fused-ring (bicyclic) bond motifs is 1. The third-order valence-electron chi connectivity index (χ3n) is 5.20. The van der Waals surface area contributed by atoms with Crippen molar-refractivity contribution in [3.63, 3.8) is 0 Å². The average Bonchev–Trinajstić information content (AvgIpc) is 2.71. The summed E-state index contributed by atoms with van der Waals surface area (Å²) in [6, 6.07) is 9.91. The van der Waals surface area contributed by atoms with Crippen molar-refractivity contribution in [3.05, 3.63) is 59.4 Å². The van der Waals surface area contributed by atoms with Crippen molar-refractivity contribution in [1.82, 2.24) is 15.2 Å². The Labute approximate surface area is 181 Å². The van der Waals surface area contributed by atoms with Crippen molar-refractivity contribution >= 4 is 23.6 Å². The standard InChI is InChI=1S/C22H27N5O4/c1-14-8-7-10-16-17(14)18(28)31-21(27(16)20(23)30)25-22(2,3)19(29)26(4)13-11-15-9-5-6-12-24-15/h5-10,12,21,25H,11,13H2,1-4H3,(H2,23,30). The van der Waals surface area contributed by atoms with Gasteiger partial charge in [-0.05, 0) is 44.5 Å². The Kier molecular flexibility index (Phi) is 6.26. The number of benzene rings is 1. The minimum Gasteiger partial charge on any atom is -0.423 e. The lowest BCUT2D eigenvalue weighted by molar-refractivity contribution is -0.137. The van der Waals surface area contributed by atoms with E-state index in [1.807, 2.05) is 18.2 Å². The average molecular weight is 425 g/mol. The Morgan fingerprint density at radius 1 is 1.26 bits per heavy atom. The number of anilines is 1. The van der Waals surface area contributed by atoms with Crippen LogP contribution in [0.25, 0.3) is 0 Å². The van der Waals surface area contributed by atoms with Crippen LogP contribution >= 0.6 is 0 Å². The molecule has 1 aliphatic heterocycles. The van der Waals surface area contributed by atoms with Gasteiger partial charge in [0.1, 0.15) is 0 Å². The molecule has 2 heterocycles. The van der Waals surface area contributed by atoms with Gasteiger partial charge in [0, 0.05) is 31.9 Å². The van der Waals surface area contributed by atoms with E-state index in [1.165, 1.54) is 0 Å². The van der Waals surface area contributed by atoms with E-state index in [9.17, 15) is 14.4 Å². The summed E-state index contributed by atoms with van der Waals surface area (Å²) in [6.45, 7) is 5.51. The molecule has 1 unspecified atom stereocenters. The van der Waals surface area contributed by atoms with Crippen molar-refractivity contribution in [2.24, 2.45) is 5.73 Å². The molecule has 9 nitrogen and oxygen atoms in total. The van der Waals surface area contributed by atoms with Crippen LogP contribution in [0.5, 0.6) is 0 Å². The van der Waals surface area contributed by atoms with Crippen LogP contribution in [0.2, 0.25) is 0 Å². The second-order valence-electron chi connectivity index (χ2n) is 8.00. The smallest absolute Gasteiger partial charge is 0.343 e. The number of hydrogen-bond donors (Lipinski definition) is 2. The fourth-order valence-electron chi connectivity index (χ4n) is 3.56. The number of likely N-dealkylation sites (N-methyl/N-ethyl adjacent to an activating group) is 1. The Morgan fingerprint density at radius 2 is 2.00 bits per heavy atom. The van der Waals surface area contributed by atoms with Crippen molar-refractivity contribution in [3.8, 4) is 0 Å². The second-order valence-corrected chi connectivity index (χ2v) is 8.00. The highest BCUT2D eigenvalue weighted by molar-refractivity contribution is 6.05. The topological polar surface area (TPSA) is 118 Å². The summed E-state index contributed by atoms with van der Waals surface area (Å²) in [7, 11) is 1.69. The summed E-state index contributed by atoms with van der Waals surface area (Å²) in [5.74, 6) is -0.825. The van der Waals surface area contributed by atoms with Crippen molar-refractivity contribution in [2.75, 3.05) is 18.5 Å². The first kappa shape index (κ1) is 22.2. The zero-order valence-corrected chi connectivity index (χ0v) is 18.1. The maximum atomic E-state index is 13.1. The van der Waals surface area contributed by atoms with E-state index in [1.54, 1.807) is 57.1 Å². The summed E-state index contributed by atoms with van der Waals surface area (Å²) in [5, 5.41) is 2.97. The number of cyclic esters (lactones) is 1. The highest BCUT2D eigenvalue weighted by atomic mass is 16.6. The molecule has 0 spiro atoms. The number of esters is 1. The zero-order chi connectivity index (χ0) is 22.8. The largest absolute Gasteiger partial charge is 0.423 e. The molecule has 1 aromatic heterocycles. The molecule has 0 aliphatic carbocycles. The third kappa shape index (κ3) is 4.66. The lowest BCUT2D eigenvalue weighted by Gasteiger charge is -2.40. The molecule has 1 aliphatic rings. The Morgan fingerprint density at radius 3 is 2.65 bits per heavy atom. The first-order valence-corrected chi connectivity index (χ1v) is 9.94. The number of aryl methyl sites for hydroxylation is 1. The number of hydrogen-bond acceptors (Lipinski definition) is 6. The fourth-order valence-corrected chi connectivity index (χ4v) is 3.56. The number of carbonyl (C=O) groups is 3. The molecular formula is C22H27N5O4. The van der Waals surface area contributed by atoms with Gasteiger partial charge in [-0.1, -0.05) is 18.2 Å². The van der Waals surface area contributed by atoms with Gasteiger partial charge in [-0.3, -0.25) is 9.78 Å². The molecule has 0 saturated heterocycles. The molecule has 0 saturated carbocycles. The lowest BCUT2D eigenvalue weighted by atomic mass is 10.0. The Hall–Kier alpha value is -3.46. The van der Waals surface area contributed by atoms with Crippen LogP contribution in [0.1, 0.15) is 35.5 Å². The molecule has 1 aromatic carbocycles. The number of aromatic nitrogens is 1. The number of urea groups is 1. The quantitative estimate of drug-likeness (QED) is 0.682. The monoisotopic (exact) mass is 425 g/mol. The summed E-state index contributed by atoms with van der Waals surface area (Å²) in [5.41, 5.74) is 6.59. The van der Waals surface area contributed by atoms with E-state index in [2.05, 4.69) is 10.3 Å². The van der Waals surface area contributed by atoms with E-state index in [-0.39, 0.29) is 11.5 Å². The number of amides is 3. The molecule has 0 fully saturated rings.